The van der Waals surface area contributed by atoms with Gasteiger partial charge in [-0.25, -0.2) is 15.0 Å². The van der Waals surface area contributed by atoms with E-state index in [4.69, 9.17) is 37.0 Å². The van der Waals surface area contributed by atoms with Gasteiger partial charge in [0.2, 0.25) is 0 Å². The second-order valence-electron chi connectivity index (χ2n) is 4.42. The SMILES string of the molecule is N[C@@H](CC(=O)O)C(=O)O.Nc1ncnc2nc[nH]c12.OCC(O)CO. The summed E-state index contributed by atoms with van der Waals surface area (Å²) in [5.74, 6) is -2.06. The lowest BCUT2D eigenvalue weighted by atomic mass is 10.2. The van der Waals surface area contributed by atoms with Crippen LogP contribution in [0.25, 0.3) is 11.2 Å². The number of nitrogens with two attached hydrogens (primary N) is 2. The van der Waals surface area contributed by atoms with Crippen molar-refractivity contribution >= 4 is 28.9 Å². The summed E-state index contributed by atoms with van der Waals surface area (Å²) in [7, 11) is 0. The van der Waals surface area contributed by atoms with Crippen molar-refractivity contribution in [2.24, 2.45) is 5.73 Å². The van der Waals surface area contributed by atoms with Gasteiger partial charge in [-0.05, 0) is 0 Å². The van der Waals surface area contributed by atoms with Crippen LogP contribution in [-0.2, 0) is 9.59 Å². The van der Waals surface area contributed by atoms with Crippen LogP contribution in [0.4, 0.5) is 5.82 Å². The zero-order valence-corrected chi connectivity index (χ0v) is 13.0. The summed E-state index contributed by atoms with van der Waals surface area (Å²) in [4.78, 5) is 34.0. The highest BCUT2D eigenvalue weighted by molar-refractivity contribution is 5.80. The van der Waals surface area contributed by atoms with Crippen LogP contribution in [0.5, 0.6) is 0 Å². The normalized spacial score (nSPS) is 11.1. The summed E-state index contributed by atoms with van der Waals surface area (Å²) in [5.41, 5.74) is 11.6. The van der Waals surface area contributed by atoms with Crippen LogP contribution in [0, 0.1) is 0 Å². The Kier molecular flexibility index (Phi) is 10.3. The standard InChI is InChI=1S/C5H5N5.C4H7NO4.C3H8O3/c6-4-3-5(9-1-7-3)10-2-8-4;5-2(4(8)9)1-3(6)7;4-1-3(6)2-5/h1-2H,(H3,6,7,8,9,10);2H,1,5H2,(H,6,7)(H,8,9);3-6H,1-2H2/t;2-;/m.0./s1. The highest BCUT2D eigenvalue weighted by Gasteiger charge is 2.14. The van der Waals surface area contributed by atoms with E-state index in [2.05, 4.69) is 19.9 Å². The fourth-order valence-corrected chi connectivity index (χ4v) is 1.12. The molecule has 0 unspecified atom stereocenters. The minimum atomic E-state index is -1.29. The molecule has 0 fully saturated rings. The average Bonchev–Trinajstić information content (AvgIpc) is 3.04. The number of imidazole rings is 1. The number of aliphatic carboxylic acids is 2. The topological polar surface area (TPSA) is 242 Å². The lowest BCUT2D eigenvalue weighted by molar-refractivity contribution is -0.144. The predicted molar refractivity (Wildman–Crippen MR) is 84.1 cm³/mol. The van der Waals surface area contributed by atoms with Crippen molar-refractivity contribution in [2.75, 3.05) is 18.9 Å². The average molecular weight is 360 g/mol. The number of hydrogen-bond donors (Lipinski definition) is 8. The fraction of sp³-hybridized carbons (Fsp3) is 0.417. The van der Waals surface area contributed by atoms with Crippen molar-refractivity contribution in [1.29, 1.82) is 0 Å². The van der Waals surface area contributed by atoms with Crippen molar-refractivity contribution in [1.82, 2.24) is 19.9 Å². The number of carboxylic acids is 2. The summed E-state index contributed by atoms with van der Waals surface area (Å²) in [6.07, 6.45) is 1.44. The first kappa shape index (κ1) is 22.1. The molecule has 0 saturated carbocycles. The summed E-state index contributed by atoms with van der Waals surface area (Å²) in [5, 5.41) is 40.0. The molecule has 0 aliphatic carbocycles. The molecular weight excluding hydrogens is 340 g/mol. The van der Waals surface area contributed by atoms with Crippen LogP contribution < -0.4 is 11.5 Å². The van der Waals surface area contributed by atoms with Crippen molar-refractivity contribution < 1.29 is 35.1 Å². The van der Waals surface area contributed by atoms with Gasteiger partial charge < -0.3 is 42.0 Å². The van der Waals surface area contributed by atoms with E-state index in [1.807, 2.05) is 0 Å². The molecule has 10 N–H and O–H groups in total. The van der Waals surface area contributed by atoms with Crippen LogP contribution in [0.3, 0.4) is 0 Å². The predicted octanol–water partition coefficient (Wildman–Crippen LogP) is -2.86. The van der Waals surface area contributed by atoms with Crippen LogP contribution in [-0.4, -0.2) is 82.8 Å². The zero-order chi connectivity index (χ0) is 19.4. The molecule has 0 aliphatic rings. The van der Waals surface area contributed by atoms with E-state index in [0.29, 0.717) is 17.0 Å². The number of hydrogen-bond acceptors (Lipinski definition) is 10. The number of aliphatic hydroxyl groups excluding tert-OH is 3. The van der Waals surface area contributed by atoms with Gasteiger partial charge in [-0.2, -0.15) is 0 Å². The molecule has 0 bridgehead atoms. The largest absolute Gasteiger partial charge is 0.481 e. The van der Waals surface area contributed by atoms with Crippen molar-refractivity contribution in [3.8, 4) is 0 Å². The number of carbonyl (C=O) groups is 2. The summed E-state index contributed by atoms with van der Waals surface area (Å²) in [6, 6.07) is -1.29. The zero-order valence-electron chi connectivity index (χ0n) is 13.0. The van der Waals surface area contributed by atoms with E-state index >= 15 is 0 Å². The van der Waals surface area contributed by atoms with E-state index in [-0.39, 0.29) is 13.2 Å². The molecule has 1 atom stereocenters. The number of rotatable bonds is 5. The van der Waals surface area contributed by atoms with Gasteiger partial charge in [0.25, 0.3) is 0 Å². The molecule has 13 heteroatoms. The smallest absolute Gasteiger partial charge is 0.321 e. The lowest BCUT2D eigenvalue weighted by Gasteiger charge is -1.99. The van der Waals surface area contributed by atoms with Gasteiger partial charge in [0, 0.05) is 0 Å². The summed E-state index contributed by atoms with van der Waals surface area (Å²) in [6.45, 7) is -0.729. The number of aromatic nitrogens is 4. The lowest BCUT2D eigenvalue weighted by Crippen LogP contribution is -2.32. The maximum absolute atomic E-state index is 9.85. The molecule has 0 amide bonds. The second-order valence-corrected chi connectivity index (χ2v) is 4.42. The number of carboxylic acid groups (broad SMARTS) is 2. The molecule has 2 aromatic heterocycles. The Balaban J connectivity index is 0.000000359. The van der Waals surface area contributed by atoms with Gasteiger partial charge >= 0.3 is 11.9 Å². The van der Waals surface area contributed by atoms with Crippen LogP contribution in [0.15, 0.2) is 12.7 Å². The third-order valence-corrected chi connectivity index (χ3v) is 2.39. The van der Waals surface area contributed by atoms with Gasteiger partial charge in [0.15, 0.2) is 11.5 Å². The van der Waals surface area contributed by atoms with Crippen molar-refractivity contribution in [2.45, 2.75) is 18.6 Å². The van der Waals surface area contributed by atoms with Gasteiger partial charge in [-0.1, -0.05) is 0 Å². The summed E-state index contributed by atoms with van der Waals surface area (Å²) < 4.78 is 0. The molecule has 0 saturated heterocycles. The van der Waals surface area contributed by atoms with E-state index < -0.39 is 30.5 Å². The molecule has 0 aliphatic heterocycles. The van der Waals surface area contributed by atoms with Crippen LogP contribution in [0.1, 0.15) is 6.42 Å². The minimum Gasteiger partial charge on any atom is -0.481 e. The Hall–Kier alpha value is -2.87. The molecule has 140 valence electrons. The number of aromatic amines is 1. The first-order chi connectivity index (χ1) is 11.7. The number of nitrogen functional groups attached to an aromatic ring is 1. The Labute approximate surface area is 141 Å². The molecule has 2 rings (SSSR count). The molecule has 0 aromatic carbocycles. The van der Waals surface area contributed by atoms with Crippen LogP contribution in [0.2, 0.25) is 0 Å². The van der Waals surface area contributed by atoms with Gasteiger partial charge in [-0.15, -0.1) is 0 Å². The van der Waals surface area contributed by atoms with Crippen molar-refractivity contribution in [3.05, 3.63) is 12.7 Å². The van der Waals surface area contributed by atoms with Gasteiger partial charge in [0.1, 0.15) is 24.0 Å². The first-order valence-electron chi connectivity index (χ1n) is 6.72. The highest BCUT2D eigenvalue weighted by atomic mass is 16.4. The number of aliphatic hydroxyl groups is 3. The van der Waals surface area contributed by atoms with E-state index in [1.54, 1.807) is 0 Å². The van der Waals surface area contributed by atoms with Gasteiger partial charge in [-0.3, -0.25) is 9.59 Å². The second kappa shape index (κ2) is 11.6. The number of H-pyrrole nitrogens is 1. The maximum Gasteiger partial charge on any atom is 0.321 e. The van der Waals surface area contributed by atoms with E-state index in [0.717, 1.165) is 0 Å². The Morgan fingerprint density at radius 2 is 1.76 bits per heavy atom. The molecule has 25 heavy (non-hydrogen) atoms. The Morgan fingerprint density at radius 3 is 2.12 bits per heavy atom. The molecule has 0 radical (unpaired) electrons. The maximum atomic E-state index is 9.85. The first-order valence-corrected chi connectivity index (χ1v) is 6.72. The van der Waals surface area contributed by atoms with Crippen molar-refractivity contribution in [3.63, 3.8) is 0 Å². The molecular formula is C12H20N6O7. The minimum absolute atomic E-state index is 0.365. The third-order valence-electron chi connectivity index (χ3n) is 2.39. The number of nitrogens with one attached hydrogen (secondary N) is 1. The quantitative estimate of drug-likeness (QED) is 0.268. The van der Waals surface area contributed by atoms with Crippen LogP contribution >= 0.6 is 0 Å². The Bertz CT molecular complexity index is 660. The highest BCUT2D eigenvalue weighted by Crippen LogP contribution is 2.09. The molecule has 2 heterocycles. The molecule has 0 spiro atoms. The number of fused-ring (bicyclic) bond motifs is 1. The number of anilines is 1. The monoisotopic (exact) mass is 360 g/mol. The number of nitrogens with zero attached hydrogens (tertiary/aromatic N) is 3. The summed E-state index contributed by atoms with van der Waals surface area (Å²) >= 11 is 0. The third kappa shape index (κ3) is 9.11. The Morgan fingerprint density at radius 1 is 1.16 bits per heavy atom. The fourth-order valence-electron chi connectivity index (χ4n) is 1.12. The van der Waals surface area contributed by atoms with E-state index in [1.165, 1.54) is 12.7 Å². The van der Waals surface area contributed by atoms with Gasteiger partial charge in [0.05, 0.1) is 26.0 Å². The van der Waals surface area contributed by atoms with E-state index in [9.17, 15) is 9.59 Å². The molecule has 13 nitrogen and oxygen atoms in total. The molecule has 2 aromatic rings.